The van der Waals surface area contributed by atoms with Gasteiger partial charge in [-0.05, 0) is 191 Å². The summed E-state index contributed by atoms with van der Waals surface area (Å²) in [4.78, 5) is 33.6. The molecule has 4 fully saturated rings. The molecule has 6 aromatic rings. The van der Waals surface area contributed by atoms with Crippen LogP contribution in [0.3, 0.4) is 0 Å². The van der Waals surface area contributed by atoms with Gasteiger partial charge in [0.15, 0.2) is 0 Å². The zero-order valence-corrected chi connectivity index (χ0v) is 37.8. The molecule has 6 atom stereocenters. The number of aryl methyl sites for hydroxylation is 4. The third kappa shape index (κ3) is 8.33. The lowest BCUT2D eigenvalue weighted by Crippen LogP contribution is -2.43. The number of hydrogen-bond donors (Lipinski definition) is 3. The number of carbonyl (C=O) groups is 1. The molecule has 14 rings (SSSR count). The van der Waals surface area contributed by atoms with Crippen molar-refractivity contribution in [2.75, 3.05) is 0 Å². The highest BCUT2D eigenvalue weighted by Gasteiger charge is 2.47. The molecule has 63 heavy (non-hydrogen) atoms. The second-order valence-corrected chi connectivity index (χ2v) is 21.0. The number of carbonyl (C=O) groups excluding carboxylic acids is 1. The summed E-state index contributed by atoms with van der Waals surface area (Å²) in [6, 6.07) is 29.3. The van der Waals surface area contributed by atoms with Crippen molar-refractivity contribution >= 4 is 28.2 Å². The summed E-state index contributed by atoms with van der Waals surface area (Å²) in [5, 5.41) is 3.93. The van der Waals surface area contributed by atoms with Crippen molar-refractivity contribution in [3.63, 3.8) is 0 Å². The topological polar surface area (TPSA) is 98.9 Å². The van der Waals surface area contributed by atoms with E-state index in [0.717, 1.165) is 110 Å². The fourth-order valence-electron chi connectivity index (χ4n) is 12.3. The summed E-state index contributed by atoms with van der Waals surface area (Å²) in [6.07, 6.45) is 20.7. The fraction of sp³-hybridized carbons (Fsp3) is 0.509. The number of nitrogens with zero attached hydrogens (tertiary/aromatic N) is 3. The molecule has 0 spiro atoms. The third-order valence-electron chi connectivity index (χ3n) is 15.5. The SMILES string of the molecule is CC(C)(C)OC(=O)N1[C@H](c2nc3cc(-c4cc5ccc4CCCCc4ccc(c(-c6ccc7[nH]c([C@@H]8C[C@@H]9CCCC[C@@H]9N8)nc7c6)c4)CCCC5)ccc3[nH]2)C[C@@H]2CCCC[C@@H]21. The fourth-order valence-corrected chi connectivity index (χ4v) is 12.3. The summed E-state index contributed by atoms with van der Waals surface area (Å²) < 4.78 is 6.00. The van der Waals surface area contributed by atoms with E-state index in [0.29, 0.717) is 18.0 Å². The van der Waals surface area contributed by atoms with Crippen LogP contribution in [0.4, 0.5) is 4.79 Å². The first-order chi connectivity index (χ1) is 30.7. The average molecular weight is 843 g/mol. The van der Waals surface area contributed by atoms with Gasteiger partial charge >= 0.3 is 6.09 Å². The lowest BCUT2D eigenvalue weighted by Gasteiger charge is -2.34. The normalized spacial score (nSPS) is 25.5. The van der Waals surface area contributed by atoms with Crippen LogP contribution >= 0.6 is 0 Å². The molecule has 0 radical (unpaired) electrons. The van der Waals surface area contributed by atoms with Gasteiger partial charge in [-0.1, -0.05) is 74.2 Å². The molecule has 3 N–H and O–H groups in total. The van der Waals surface area contributed by atoms with Crippen molar-refractivity contribution in [1.82, 2.24) is 30.2 Å². The van der Waals surface area contributed by atoms with E-state index < -0.39 is 5.60 Å². The van der Waals surface area contributed by atoms with Gasteiger partial charge in [0.1, 0.15) is 17.2 Å². The van der Waals surface area contributed by atoms with Crippen LogP contribution in [-0.2, 0) is 30.4 Å². The molecule has 4 heterocycles. The standard InChI is InChI=1S/C55H66N6O2/c1-55(2,3)63-54(62)61-50-19-11-9-17-41(50)33-51(61)53-58-46-27-25-39(31-48(46)60-53)43-29-35-13-4-6-14-36-22-20-34(12-5-7-15-37(43)23-21-35)28-42(36)38-24-26-45-47(30-38)59-52(57-45)49-32-40-16-8-10-18-44(40)56-49/h20-31,40-41,44,49-51,56H,4-19,32-33H2,1-3H3,(H,57,59)(H,58,60)/t40-,41-,44-,49-,50-,51-/m0/s1. The van der Waals surface area contributed by atoms with Gasteiger partial charge in [0.2, 0.25) is 0 Å². The Kier molecular flexibility index (Phi) is 10.9. The molecule has 4 bridgehead atoms. The van der Waals surface area contributed by atoms with E-state index in [-0.39, 0.29) is 18.2 Å². The van der Waals surface area contributed by atoms with Crippen LogP contribution in [0.25, 0.3) is 44.3 Å². The van der Waals surface area contributed by atoms with Crippen LogP contribution in [0.2, 0.25) is 0 Å². The quantitative estimate of drug-likeness (QED) is 0.164. The number of fused-ring (bicyclic) bond motifs is 4. The first-order valence-corrected chi connectivity index (χ1v) is 24.7. The molecule has 6 aliphatic carbocycles. The number of benzene rings is 4. The molecule has 0 unspecified atom stereocenters. The number of aromatic nitrogens is 4. The smallest absolute Gasteiger partial charge is 0.411 e. The Hall–Kier alpha value is -4.95. The van der Waals surface area contributed by atoms with Crippen molar-refractivity contribution in [2.45, 2.75) is 166 Å². The lowest BCUT2D eigenvalue weighted by molar-refractivity contribution is 0.00952. The van der Waals surface area contributed by atoms with Crippen LogP contribution in [0.15, 0.2) is 72.8 Å². The van der Waals surface area contributed by atoms with E-state index in [1.54, 1.807) is 0 Å². The minimum atomic E-state index is -0.540. The van der Waals surface area contributed by atoms with Crippen molar-refractivity contribution < 1.29 is 9.53 Å². The summed E-state index contributed by atoms with van der Waals surface area (Å²) >= 11 is 0. The van der Waals surface area contributed by atoms with Crippen LogP contribution in [0.5, 0.6) is 0 Å². The molecule has 4 aromatic carbocycles. The highest BCUT2D eigenvalue weighted by molar-refractivity contribution is 5.84. The van der Waals surface area contributed by atoms with Gasteiger partial charge in [0.25, 0.3) is 0 Å². The first-order valence-electron chi connectivity index (χ1n) is 24.7. The minimum Gasteiger partial charge on any atom is -0.444 e. The molecule has 1 amide bonds. The van der Waals surface area contributed by atoms with Crippen molar-refractivity contribution in [3.05, 3.63) is 107 Å². The predicted molar refractivity (Wildman–Crippen MR) is 254 cm³/mol. The maximum atomic E-state index is 13.7. The summed E-state index contributed by atoms with van der Waals surface area (Å²) in [6.45, 7) is 5.88. The number of amides is 1. The van der Waals surface area contributed by atoms with Gasteiger partial charge in [0, 0.05) is 12.1 Å². The molecular formula is C55H66N6O2. The number of likely N-dealkylation sites (tertiary alicyclic amines) is 1. The van der Waals surface area contributed by atoms with Gasteiger partial charge in [0.05, 0.1) is 34.2 Å². The Morgan fingerprint density at radius 3 is 1.83 bits per heavy atom. The molecule has 2 aliphatic heterocycles. The Labute approximate surface area is 373 Å². The van der Waals surface area contributed by atoms with E-state index in [9.17, 15) is 4.79 Å². The summed E-state index contributed by atoms with van der Waals surface area (Å²) in [7, 11) is 0. The molecule has 8 nitrogen and oxygen atoms in total. The minimum absolute atomic E-state index is 0.0989. The van der Waals surface area contributed by atoms with Gasteiger partial charge in [-0.3, -0.25) is 4.90 Å². The van der Waals surface area contributed by atoms with E-state index in [1.807, 2.05) is 25.7 Å². The second kappa shape index (κ2) is 16.9. The molecule has 328 valence electrons. The lowest BCUT2D eigenvalue weighted by atomic mass is 9.85. The predicted octanol–water partition coefficient (Wildman–Crippen LogP) is 13.1. The number of rotatable bonds is 4. The van der Waals surface area contributed by atoms with E-state index in [2.05, 4.69) is 88.1 Å². The molecular weight excluding hydrogens is 777 g/mol. The van der Waals surface area contributed by atoms with Gasteiger partial charge in [-0.15, -0.1) is 0 Å². The molecule has 2 saturated carbocycles. The number of nitrogens with one attached hydrogen (secondary N) is 3. The van der Waals surface area contributed by atoms with Crippen LogP contribution in [-0.4, -0.2) is 48.6 Å². The highest BCUT2D eigenvalue weighted by atomic mass is 16.6. The average Bonchev–Trinajstić information content (AvgIpc) is 4.09. The zero-order chi connectivity index (χ0) is 42.7. The maximum absolute atomic E-state index is 13.7. The van der Waals surface area contributed by atoms with Crippen molar-refractivity contribution in [3.8, 4) is 22.3 Å². The van der Waals surface area contributed by atoms with E-state index in [1.165, 1.54) is 89.5 Å². The number of H-pyrrole nitrogens is 2. The van der Waals surface area contributed by atoms with Crippen LogP contribution < -0.4 is 5.32 Å². The Morgan fingerprint density at radius 1 is 0.619 bits per heavy atom. The maximum Gasteiger partial charge on any atom is 0.411 e. The Balaban J connectivity index is 0.820. The van der Waals surface area contributed by atoms with Crippen molar-refractivity contribution in [1.29, 1.82) is 0 Å². The van der Waals surface area contributed by atoms with E-state index in [4.69, 9.17) is 14.7 Å². The summed E-state index contributed by atoms with van der Waals surface area (Å²) in [5.74, 6) is 3.30. The highest BCUT2D eigenvalue weighted by Crippen LogP contribution is 2.47. The zero-order valence-electron chi connectivity index (χ0n) is 37.8. The summed E-state index contributed by atoms with van der Waals surface area (Å²) in [5.41, 5.74) is 14.6. The Morgan fingerprint density at radius 2 is 1.19 bits per heavy atom. The third-order valence-corrected chi connectivity index (χ3v) is 15.5. The van der Waals surface area contributed by atoms with Gasteiger partial charge in [-0.25, -0.2) is 14.8 Å². The largest absolute Gasteiger partial charge is 0.444 e. The Bertz CT molecular complexity index is 2620. The number of hydrogen-bond acceptors (Lipinski definition) is 5. The number of imidazole rings is 2. The van der Waals surface area contributed by atoms with Gasteiger partial charge < -0.3 is 20.0 Å². The molecule has 2 aromatic heterocycles. The molecule has 2 saturated heterocycles. The van der Waals surface area contributed by atoms with E-state index >= 15 is 0 Å². The van der Waals surface area contributed by atoms with Crippen LogP contribution in [0, 0.1) is 11.8 Å². The van der Waals surface area contributed by atoms with Gasteiger partial charge in [-0.2, -0.15) is 0 Å². The van der Waals surface area contributed by atoms with Crippen molar-refractivity contribution in [2.24, 2.45) is 11.8 Å². The van der Waals surface area contributed by atoms with Crippen LogP contribution in [0.1, 0.15) is 157 Å². The second-order valence-electron chi connectivity index (χ2n) is 21.0. The molecule has 8 heteroatoms. The number of aromatic amines is 2. The number of ether oxygens (including phenoxy) is 1. The monoisotopic (exact) mass is 843 g/mol. The first kappa shape index (κ1) is 40.8. The molecule has 8 aliphatic rings.